The van der Waals surface area contributed by atoms with Gasteiger partial charge in [-0.25, -0.2) is 9.78 Å². The monoisotopic (exact) mass is 408 g/mol. The SMILES string of the molecule is COc1nc(NC(=O)N2CCc3c(N4CCNCC4)ccnc32)cc2cn(C)nc12. The van der Waals surface area contributed by atoms with Gasteiger partial charge in [0.15, 0.2) is 5.52 Å². The molecular weight excluding hydrogens is 384 g/mol. The first kappa shape index (κ1) is 18.6. The van der Waals surface area contributed by atoms with Gasteiger partial charge in [0.1, 0.15) is 11.6 Å². The first-order valence-electron chi connectivity index (χ1n) is 10.0. The van der Waals surface area contributed by atoms with Crippen LogP contribution in [0.15, 0.2) is 24.5 Å². The molecule has 3 aromatic rings. The van der Waals surface area contributed by atoms with Crippen molar-refractivity contribution < 1.29 is 9.53 Å². The fraction of sp³-hybridized carbons (Fsp3) is 0.400. The number of piperazine rings is 1. The molecule has 0 aliphatic carbocycles. The number of carbonyl (C=O) groups is 1. The van der Waals surface area contributed by atoms with E-state index in [4.69, 9.17) is 4.74 Å². The van der Waals surface area contributed by atoms with Crippen LogP contribution in [-0.4, -0.2) is 65.6 Å². The molecule has 2 amide bonds. The number of pyridine rings is 2. The summed E-state index contributed by atoms with van der Waals surface area (Å²) >= 11 is 0. The molecule has 0 atom stereocenters. The molecular formula is C20H24N8O2. The predicted molar refractivity (Wildman–Crippen MR) is 114 cm³/mol. The number of urea groups is 1. The molecule has 30 heavy (non-hydrogen) atoms. The molecule has 10 heteroatoms. The lowest BCUT2D eigenvalue weighted by molar-refractivity contribution is 0.257. The number of ether oxygens (including phenoxy) is 1. The second-order valence-electron chi connectivity index (χ2n) is 7.46. The zero-order valence-corrected chi connectivity index (χ0v) is 17.1. The lowest BCUT2D eigenvalue weighted by Crippen LogP contribution is -2.43. The molecule has 0 radical (unpaired) electrons. The maximum atomic E-state index is 13.1. The lowest BCUT2D eigenvalue weighted by Gasteiger charge is -2.30. The van der Waals surface area contributed by atoms with Crippen LogP contribution in [0.2, 0.25) is 0 Å². The summed E-state index contributed by atoms with van der Waals surface area (Å²) in [7, 11) is 3.38. The van der Waals surface area contributed by atoms with Gasteiger partial charge in [-0.15, -0.1) is 0 Å². The van der Waals surface area contributed by atoms with Crippen LogP contribution in [0.25, 0.3) is 10.9 Å². The molecule has 2 N–H and O–H groups in total. The quantitative estimate of drug-likeness (QED) is 0.675. The van der Waals surface area contributed by atoms with Crippen LogP contribution in [0.3, 0.4) is 0 Å². The first-order valence-corrected chi connectivity index (χ1v) is 10.0. The maximum Gasteiger partial charge on any atom is 0.328 e. The minimum atomic E-state index is -0.253. The van der Waals surface area contributed by atoms with Crippen LogP contribution in [0, 0.1) is 0 Å². The van der Waals surface area contributed by atoms with Crippen molar-refractivity contribution in [3.05, 3.63) is 30.1 Å². The molecule has 2 aliphatic rings. The fourth-order valence-electron chi connectivity index (χ4n) is 4.18. The zero-order chi connectivity index (χ0) is 20.7. The highest BCUT2D eigenvalue weighted by molar-refractivity contribution is 6.03. The number of carbonyl (C=O) groups excluding carboxylic acids is 1. The summed E-state index contributed by atoms with van der Waals surface area (Å²) < 4.78 is 7.05. The van der Waals surface area contributed by atoms with E-state index in [1.807, 2.05) is 19.3 Å². The van der Waals surface area contributed by atoms with E-state index in [1.54, 1.807) is 29.0 Å². The van der Waals surface area contributed by atoms with Crippen LogP contribution in [0.4, 0.5) is 22.1 Å². The van der Waals surface area contributed by atoms with Gasteiger partial charge in [0.2, 0.25) is 5.88 Å². The standard InChI is InChI=1S/C20H24N8O2/c1-26-12-13-11-16(23-19(30-2)17(13)25-26)24-20(29)28-8-4-14-15(3-5-22-18(14)28)27-9-6-21-7-10-27/h3,5,11-12,21H,4,6-10H2,1-2H3,(H,24,29). The van der Waals surface area contributed by atoms with Gasteiger partial charge >= 0.3 is 6.03 Å². The molecule has 10 nitrogen and oxygen atoms in total. The molecule has 5 rings (SSSR count). The van der Waals surface area contributed by atoms with E-state index in [2.05, 4.69) is 30.6 Å². The van der Waals surface area contributed by atoms with Crippen molar-refractivity contribution in [1.82, 2.24) is 25.1 Å². The van der Waals surface area contributed by atoms with Crippen molar-refractivity contribution in [2.24, 2.45) is 7.05 Å². The summed E-state index contributed by atoms with van der Waals surface area (Å²) in [6, 6.07) is 3.59. The van der Waals surface area contributed by atoms with Gasteiger partial charge in [-0.3, -0.25) is 14.9 Å². The molecule has 0 bridgehead atoms. The second kappa shape index (κ2) is 7.45. The van der Waals surface area contributed by atoms with E-state index in [0.29, 0.717) is 23.8 Å². The van der Waals surface area contributed by atoms with Crippen LogP contribution in [0.5, 0.6) is 5.88 Å². The molecule has 0 aromatic carbocycles. The molecule has 0 unspecified atom stereocenters. The molecule has 5 heterocycles. The second-order valence-corrected chi connectivity index (χ2v) is 7.46. The Bertz CT molecular complexity index is 1110. The number of methoxy groups -OCH3 is 1. The summed E-state index contributed by atoms with van der Waals surface area (Å²) in [6.45, 7) is 4.43. The van der Waals surface area contributed by atoms with Gasteiger partial charge in [0.05, 0.1) is 7.11 Å². The fourth-order valence-corrected chi connectivity index (χ4v) is 4.18. The number of hydrogen-bond acceptors (Lipinski definition) is 7. The Morgan fingerprint density at radius 1 is 1.27 bits per heavy atom. The van der Waals surface area contributed by atoms with E-state index in [9.17, 15) is 4.79 Å². The number of hydrogen-bond donors (Lipinski definition) is 2. The van der Waals surface area contributed by atoms with E-state index >= 15 is 0 Å². The average molecular weight is 408 g/mol. The van der Waals surface area contributed by atoms with Crippen molar-refractivity contribution in [2.45, 2.75) is 6.42 Å². The van der Waals surface area contributed by atoms with Gasteiger partial charge in [-0.05, 0) is 18.6 Å². The van der Waals surface area contributed by atoms with E-state index in [0.717, 1.165) is 49.4 Å². The molecule has 2 aliphatic heterocycles. The summed E-state index contributed by atoms with van der Waals surface area (Å²) in [4.78, 5) is 26.0. The molecule has 156 valence electrons. The number of amides is 2. The summed E-state index contributed by atoms with van der Waals surface area (Å²) in [5.41, 5.74) is 2.96. The normalized spacial score (nSPS) is 16.1. The number of nitrogens with zero attached hydrogens (tertiary/aromatic N) is 6. The minimum Gasteiger partial charge on any atom is -0.479 e. The Balaban J connectivity index is 1.41. The Labute approximate surface area is 173 Å². The number of rotatable bonds is 3. The smallest absolute Gasteiger partial charge is 0.328 e. The topological polar surface area (TPSA) is 100 Å². The van der Waals surface area contributed by atoms with Gasteiger partial charge in [-0.2, -0.15) is 10.1 Å². The van der Waals surface area contributed by atoms with E-state index in [1.165, 1.54) is 5.69 Å². The van der Waals surface area contributed by atoms with Crippen molar-refractivity contribution in [3.8, 4) is 5.88 Å². The minimum absolute atomic E-state index is 0.253. The van der Waals surface area contributed by atoms with Crippen LogP contribution < -0.4 is 25.2 Å². The molecule has 1 fully saturated rings. The molecule has 0 saturated carbocycles. The number of anilines is 3. The largest absolute Gasteiger partial charge is 0.479 e. The molecule has 0 spiro atoms. The van der Waals surface area contributed by atoms with E-state index in [-0.39, 0.29) is 6.03 Å². The third kappa shape index (κ3) is 3.18. The maximum absolute atomic E-state index is 13.1. The summed E-state index contributed by atoms with van der Waals surface area (Å²) in [5.74, 6) is 1.52. The van der Waals surface area contributed by atoms with Crippen LogP contribution in [-0.2, 0) is 13.5 Å². The van der Waals surface area contributed by atoms with Gasteiger partial charge in [0, 0.05) is 68.8 Å². The molecule has 1 saturated heterocycles. The van der Waals surface area contributed by atoms with Crippen LogP contribution in [0.1, 0.15) is 5.56 Å². The van der Waals surface area contributed by atoms with Crippen molar-refractivity contribution >= 4 is 34.3 Å². The highest BCUT2D eigenvalue weighted by atomic mass is 16.5. The van der Waals surface area contributed by atoms with Gasteiger partial charge < -0.3 is 15.0 Å². The number of aryl methyl sites for hydroxylation is 1. The Kier molecular flexibility index (Phi) is 4.62. The van der Waals surface area contributed by atoms with Crippen molar-refractivity contribution in [3.63, 3.8) is 0 Å². The van der Waals surface area contributed by atoms with Crippen LogP contribution >= 0.6 is 0 Å². The summed E-state index contributed by atoms with van der Waals surface area (Å²) in [6.07, 6.45) is 4.43. The first-order chi connectivity index (χ1) is 14.6. The van der Waals surface area contributed by atoms with Gasteiger partial charge in [-0.1, -0.05) is 0 Å². The zero-order valence-electron chi connectivity index (χ0n) is 17.1. The number of fused-ring (bicyclic) bond motifs is 2. The highest BCUT2D eigenvalue weighted by Gasteiger charge is 2.30. The third-order valence-electron chi connectivity index (χ3n) is 5.55. The Hall–Kier alpha value is -3.40. The average Bonchev–Trinajstić information content (AvgIpc) is 3.36. The highest BCUT2D eigenvalue weighted by Crippen LogP contribution is 2.34. The van der Waals surface area contributed by atoms with Crippen molar-refractivity contribution in [2.75, 3.05) is 55.0 Å². The number of aromatic nitrogens is 4. The summed E-state index contributed by atoms with van der Waals surface area (Å²) in [5, 5.41) is 11.5. The number of nitrogens with one attached hydrogen (secondary N) is 2. The molecule has 3 aromatic heterocycles. The lowest BCUT2D eigenvalue weighted by atomic mass is 10.1. The Morgan fingerprint density at radius 2 is 2.10 bits per heavy atom. The van der Waals surface area contributed by atoms with Gasteiger partial charge in [0.25, 0.3) is 0 Å². The predicted octanol–water partition coefficient (Wildman–Crippen LogP) is 1.38. The third-order valence-corrected chi connectivity index (χ3v) is 5.55. The van der Waals surface area contributed by atoms with E-state index < -0.39 is 0 Å². The van der Waals surface area contributed by atoms with Crippen molar-refractivity contribution in [1.29, 1.82) is 0 Å². The Morgan fingerprint density at radius 3 is 2.90 bits per heavy atom.